The Morgan fingerprint density at radius 2 is 2.14 bits per heavy atom. The highest BCUT2D eigenvalue weighted by Gasteiger charge is 2.15. The molecule has 0 aliphatic carbocycles. The zero-order chi connectivity index (χ0) is 14.7. The number of benzene rings is 1. The molecule has 110 valence electrons. The molecule has 6 heteroatoms. The molecule has 2 N–H and O–H groups in total. The summed E-state index contributed by atoms with van der Waals surface area (Å²) in [6, 6.07) is 9.19. The topological polar surface area (TPSA) is 78.6 Å². The van der Waals surface area contributed by atoms with Gasteiger partial charge in [0.25, 0.3) is 5.91 Å². The van der Waals surface area contributed by atoms with Gasteiger partial charge in [-0.1, -0.05) is 11.2 Å². The number of aliphatic hydroxyl groups excluding tert-OH is 1. The highest BCUT2D eigenvalue weighted by molar-refractivity contribution is 6.03. The van der Waals surface area contributed by atoms with E-state index in [0.717, 1.165) is 24.5 Å². The largest absolute Gasteiger partial charge is 0.388 e. The first-order valence-electron chi connectivity index (χ1n) is 6.99. The molecule has 0 radical (unpaired) electrons. The third-order valence-corrected chi connectivity index (χ3v) is 3.52. The summed E-state index contributed by atoms with van der Waals surface area (Å²) in [5.41, 5.74) is 1.99. The number of nitrogens with one attached hydrogen (secondary N) is 1. The van der Waals surface area contributed by atoms with Crippen molar-refractivity contribution in [3.05, 3.63) is 41.8 Å². The molecule has 1 fully saturated rings. The molecule has 1 aliphatic heterocycles. The van der Waals surface area contributed by atoms with Crippen molar-refractivity contribution in [2.75, 3.05) is 23.3 Å². The number of nitrogens with zero attached hydrogens (tertiary/aromatic N) is 2. The van der Waals surface area contributed by atoms with Gasteiger partial charge in [-0.3, -0.25) is 4.79 Å². The predicted molar refractivity (Wildman–Crippen MR) is 78.3 cm³/mol. The Balaban J connectivity index is 1.72. The highest BCUT2D eigenvalue weighted by atomic mass is 16.5. The lowest BCUT2D eigenvalue weighted by Gasteiger charge is -2.18. The van der Waals surface area contributed by atoms with Gasteiger partial charge in [-0.2, -0.15) is 0 Å². The maximum atomic E-state index is 12.0. The summed E-state index contributed by atoms with van der Waals surface area (Å²) in [7, 11) is 0. The molecule has 0 unspecified atom stereocenters. The Kier molecular flexibility index (Phi) is 3.87. The van der Waals surface area contributed by atoms with Crippen LogP contribution in [0, 0.1) is 0 Å². The van der Waals surface area contributed by atoms with Gasteiger partial charge in [-0.15, -0.1) is 0 Å². The predicted octanol–water partition coefficient (Wildman–Crippen LogP) is 2.02. The second kappa shape index (κ2) is 5.97. The number of aliphatic hydroxyl groups is 1. The van der Waals surface area contributed by atoms with Crippen molar-refractivity contribution in [3.8, 4) is 0 Å². The average Bonchev–Trinajstić information content (AvgIpc) is 3.19. The summed E-state index contributed by atoms with van der Waals surface area (Å²) < 4.78 is 4.81. The van der Waals surface area contributed by atoms with Gasteiger partial charge < -0.3 is 19.8 Å². The van der Waals surface area contributed by atoms with Gasteiger partial charge in [-0.25, -0.2) is 0 Å². The van der Waals surface area contributed by atoms with Crippen LogP contribution in [0.5, 0.6) is 0 Å². The van der Waals surface area contributed by atoms with Gasteiger partial charge in [0.2, 0.25) is 0 Å². The van der Waals surface area contributed by atoms with Crippen LogP contribution in [0.25, 0.3) is 0 Å². The first-order valence-corrected chi connectivity index (χ1v) is 6.99. The van der Waals surface area contributed by atoms with Crippen molar-refractivity contribution in [3.63, 3.8) is 0 Å². The van der Waals surface area contributed by atoms with Crippen LogP contribution >= 0.6 is 0 Å². The van der Waals surface area contributed by atoms with E-state index < -0.39 is 0 Å². The summed E-state index contributed by atoms with van der Waals surface area (Å²) >= 11 is 0. The molecule has 0 saturated carbocycles. The normalized spacial score (nSPS) is 14.4. The van der Waals surface area contributed by atoms with Crippen LogP contribution in [0.2, 0.25) is 0 Å². The lowest BCUT2D eigenvalue weighted by molar-refractivity contribution is 0.101. The minimum atomic E-state index is -0.350. The molecule has 3 rings (SSSR count). The van der Waals surface area contributed by atoms with Crippen LogP contribution in [-0.4, -0.2) is 29.3 Å². The van der Waals surface area contributed by atoms with Crippen molar-refractivity contribution in [2.45, 2.75) is 19.4 Å². The van der Waals surface area contributed by atoms with E-state index in [2.05, 4.69) is 15.4 Å². The molecule has 0 atom stereocenters. The standard InChI is InChI=1S/C15H17N3O3/c19-10-13-9-14(17-21-13)15(20)16-11-4-3-5-12(8-11)18-6-1-2-7-18/h3-5,8-9,19H,1-2,6-7,10H2,(H,16,20). The Bertz CT molecular complexity index is 633. The van der Waals surface area contributed by atoms with E-state index in [1.807, 2.05) is 24.3 Å². The fourth-order valence-corrected chi connectivity index (χ4v) is 2.45. The summed E-state index contributed by atoms with van der Waals surface area (Å²) in [4.78, 5) is 14.3. The van der Waals surface area contributed by atoms with Crippen molar-refractivity contribution < 1.29 is 14.4 Å². The first kappa shape index (κ1) is 13.6. The second-order valence-electron chi connectivity index (χ2n) is 5.04. The number of hydrogen-bond acceptors (Lipinski definition) is 5. The zero-order valence-corrected chi connectivity index (χ0v) is 11.6. The van der Waals surface area contributed by atoms with E-state index in [1.165, 1.54) is 18.9 Å². The van der Waals surface area contributed by atoms with Crippen LogP contribution in [0.3, 0.4) is 0 Å². The van der Waals surface area contributed by atoms with Gasteiger partial charge in [0.1, 0.15) is 6.61 Å². The number of rotatable bonds is 4. The molecule has 21 heavy (non-hydrogen) atoms. The highest BCUT2D eigenvalue weighted by Crippen LogP contribution is 2.23. The maximum Gasteiger partial charge on any atom is 0.277 e. The lowest BCUT2D eigenvalue weighted by atomic mass is 10.2. The Morgan fingerprint density at radius 1 is 1.33 bits per heavy atom. The van der Waals surface area contributed by atoms with E-state index in [0.29, 0.717) is 0 Å². The van der Waals surface area contributed by atoms with E-state index in [1.54, 1.807) is 0 Å². The van der Waals surface area contributed by atoms with Crippen LogP contribution in [0.15, 0.2) is 34.9 Å². The van der Waals surface area contributed by atoms with Crippen molar-refractivity contribution in [2.24, 2.45) is 0 Å². The molecule has 1 aliphatic rings. The van der Waals surface area contributed by atoms with Crippen LogP contribution in [0.1, 0.15) is 29.1 Å². The fourth-order valence-electron chi connectivity index (χ4n) is 2.45. The minimum absolute atomic E-state index is 0.158. The van der Waals surface area contributed by atoms with Gasteiger partial charge in [0.05, 0.1) is 0 Å². The number of carbonyl (C=O) groups is 1. The van der Waals surface area contributed by atoms with E-state index in [4.69, 9.17) is 9.63 Å². The van der Waals surface area contributed by atoms with Gasteiger partial charge in [0.15, 0.2) is 11.5 Å². The zero-order valence-electron chi connectivity index (χ0n) is 11.6. The molecule has 2 aromatic rings. The number of aromatic nitrogens is 1. The molecule has 0 bridgehead atoms. The second-order valence-corrected chi connectivity index (χ2v) is 5.04. The molecule has 2 heterocycles. The van der Waals surface area contributed by atoms with Crippen LogP contribution < -0.4 is 10.2 Å². The molecular weight excluding hydrogens is 270 g/mol. The Labute approximate surface area is 122 Å². The molecule has 6 nitrogen and oxygen atoms in total. The Hall–Kier alpha value is -2.34. The molecule has 1 aromatic heterocycles. The molecule has 1 saturated heterocycles. The third kappa shape index (κ3) is 3.05. The first-order chi connectivity index (χ1) is 10.3. The van der Waals surface area contributed by atoms with Crippen molar-refractivity contribution in [1.82, 2.24) is 5.16 Å². The number of amides is 1. The summed E-state index contributed by atoms with van der Waals surface area (Å²) in [5, 5.41) is 15.3. The molecule has 1 aromatic carbocycles. The number of anilines is 2. The number of carbonyl (C=O) groups excluding carboxylic acids is 1. The smallest absolute Gasteiger partial charge is 0.277 e. The third-order valence-electron chi connectivity index (χ3n) is 3.52. The van der Waals surface area contributed by atoms with Crippen molar-refractivity contribution >= 4 is 17.3 Å². The monoisotopic (exact) mass is 287 g/mol. The quantitative estimate of drug-likeness (QED) is 0.899. The van der Waals surface area contributed by atoms with Gasteiger partial charge in [0, 0.05) is 30.5 Å². The maximum absolute atomic E-state index is 12.0. The van der Waals surface area contributed by atoms with Crippen LogP contribution in [-0.2, 0) is 6.61 Å². The molecular formula is C15H17N3O3. The molecule has 1 amide bonds. The fraction of sp³-hybridized carbons (Fsp3) is 0.333. The van der Waals surface area contributed by atoms with Gasteiger partial charge in [-0.05, 0) is 31.0 Å². The average molecular weight is 287 g/mol. The lowest BCUT2D eigenvalue weighted by Crippen LogP contribution is -2.18. The van der Waals surface area contributed by atoms with Crippen molar-refractivity contribution in [1.29, 1.82) is 0 Å². The van der Waals surface area contributed by atoms with E-state index >= 15 is 0 Å². The van der Waals surface area contributed by atoms with E-state index in [9.17, 15) is 4.79 Å². The summed E-state index contributed by atoms with van der Waals surface area (Å²) in [6.45, 7) is 1.84. The number of hydrogen-bond donors (Lipinski definition) is 2. The summed E-state index contributed by atoms with van der Waals surface area (Å²) in [5.74, 6) is -0.0806. The molecule has 0 spiro atoms. The minimum Gasteiger partial charge on any atom is -0.388 e. The van der Waals surface area contributed by atoms with E-state index in [-0.39, 0.29) is 24.0 Å². The van der Waals surface area contributed by atoms with Gasteiger partial charge >= 0.3 is 0 Å². The van der Waals surface area contributed by atoms with Crippen LogP contribution in [0.4, 0.5) is 11.4 Å². The Morgan fingerprint density at radius 3 is 2.86 bits per heavy atom. The SMILES string of the molecule is O=C(Nc1cccc(N2CCCC2)c1)c1cc(CO)on1. The summed E-state index contributed by atoms with van der Waals surface area (Å²) in [6.07, 6.45) is 2.42.